The summed E-state index contributed by atoms with van der Waals surface area (Å²) < 4.78 is 0. The van der Waals surface area contributed by atoms with Crippen LogP contribution in [0.4, 0.5) is 0 Å². The molecule has 0 spiro atoms. The van der Waals surface area contributed by atoms with Gasteiger partial charge in [-0.1, -0.05) is 61.6 Å². The Morgan fingerprint density at radius 3 is 2.47 bits per heavy atom. The Bertz CT molecular complexity index is 1010. The minimum absolute atomic E-state index is 0.285. The van der Waals surface area contributed by atoms with Crippen LogP contribution in [0, 0.1) is 11.3 Å². The van der Waals surface area contributed by atoms with Crippen LogP contribution >= 0.6 is 11.6 Å². The van der Waals surface area contributed by atoms with Crippen molar-refractivity contribution in [3.05, 3.63) is 59.1 Å². The number of nitrogens with one attached hydrogen (secondary N) is 2. The van der Waals surface area contributed by atoms with E-state index in [1.807, 2.05) is 24.3 Å². The lowest BCUT2D eigenvalue weighted by molar-refractivity contribution is -0.123. The largest absolute Gasteiger partial charge is 0.341 e. The molecule has 1 unspecified atom stereocenters. The van der Waals surface area contributed by atoms with E-state index in [1.54, 1.807) is 24.3 Å². The standard InChI is InChI=1S/C23H26ClN3O2Si/c1-30(2,3)14-20(22(29)27-23(15-25)11-12-23)26-21(28)17-8-6-7-16(13-17)18-9-4-5-10-19(18)24/h4-10,13,20H,11-12,14H2,1-3H3,(H,26,28)(H,27,29). The van der Waals surface area contributed by atoms with Crippen molar-refractivity contribution >= 4 is 31.5 Å². The molecule has 0 aromatic heterocycles. The third-order valence-corrected chi connectivity index (χ3v) is 7.04. The second-order valence-electron chi connectivity index (χ2n) is 9.03. The van der Waals surface area contributed by atoms with Gasteiger partial charge in [0.15, 0.2) is 0 Å². The molecule has 2 aromatic carbocycles. The van der Waals surface area contributed by atoms with Crippen molar-refractivity contribution in [3.63, 3.8) is 0 Å². The van der Waals surface area contributed by atoms with Crippen LogP contribution in [-0.2, 0) is 4.79 Å². The van der Waals surface area contributed by atoms with Crippen molar-refractivity contribution in [3.8, 4) is 17.2 Å². The lowest BCUT2D eigenvalue weighted by Crippen LogP contribution is -2.52. The Morgan fingerprint density at radius 1 is 1.17 bits per heavy atom. The van der Waals surface area contributed by atoms with Crippen LogP contribution < -0.4 is 10.6 Å². The second-order valence-corrected chi connectivity index (χ2v) is 15.0. The smallest absolute Gasteiger partial charge is 0.251 e. The van der Waals surface area contributed by atoms with Gasteiger partial charge in [0.2, 0.25) is 5.91 Å². The van der Waals surface area contributed by atoms with Crippen molar-refractivity contribution in [1.29, 1.82) is 5.26 Å². The van der Waals surface area contributed by atoms with Gasteiger partial charge in [-0.3, -0.25) is 9.59 Å². The van der Waals surface area contributed by atoms with Gasteiger partial charge < -0.3 is 10.6 Å². The fourth-order valence-electron chi connectivity index (χ4n) is 3.30. The van der Waals surface area contributed by atoms with E-state index >= 15 is 0 Å². The Morgan fingerprint density at radius 2 is 1.87 bits per heavy atom. The predicted molar refractivity (Wildman–Crippen MR) is 122 cm³/mol. The first-order valence-electron chi connectivity index (χ1n) is 10.0. The highest BCUT2D eigenvalue weighted by atomic mass is 35.5. The first-order valence-corrected chi connectivity index (χ1v) is 14.1. The van der Waals surface area contributed by atoms with Gasteiger partial charge in [0.05, 0.1) is 6.07 Å². The minimum Gasteiger partial charge on any atom is -0.341 e. The number of rotatable bonds is 7. The van der Waals surface area contributed by atoms with Crippen molar-refractivity contribution in [2.45, 2.75) is 50.1 Å². The minimum atomic E-state index is -1.66. The van der Waals surface area contributed by atoms with Crippen molar-refractivity contribution in [2.75, 3.05) is 0 Å². The van der Waals surface area contributed by atoms with Crippen molar-refractivity contribution < 1.29 is 9.59 Å². The first-order chi connectivity index (χ1) is 14.1. The number of hydrogen-bond donors (Lipinski definition) is 2. The number of amides is 2. The van der Waals surface area contributed by atoms with Crippen LogP contribution in [0.3, 0.4) is 0 Å². The molecule has 0 heterocycles. The number of carbonyl (C=O) groups excluding carboxylic acids is 2. The lowest BCUT2D eigenvalue weighted by Gasteiger charge is -2.26. The van der Waals surface area contributed by atoms with E-state index in [9.17, 15) is 14.9 Å². The maximum Gasteiger partial charge on any atom is 0.251 e. The summed E-state index contributed by atoms with van der Waals surface area (Å²) >= 11 is 6.30. The number of nitriles is 1. The Labute approximate surface area is 183 Å². The van der Waals surface area contributed by atoms with E-state index in [0.29, 0.717) is 29.5 Å². The molecule has 0 radical (unpaired) electrons. The third kappa shape index (κ3) is 5.50. The highest BCUT2D eigenvalue weighted by Gasteiger charge is 2.46. The maximum atomic E-state index is 13.0. The normalized spacial score (nSPS) is 15.6. The summed E-state index contributed by atoms with van der Waals surface area (Å²) in [4.78, 5) is 25.9. The van der Waals surface area contributed by atoms with E-state index in [4.69, 9.17) is 11.6 Å². The number of benzene rings is 2. The van der Waals surface area contributed by atoms with Crippen LogP contribution in [0.1, 0.15) is 23.2 Å². The quantitative estimate of drug-likeness (QED) is 0.617. The molecule has 0 bridgehead atoms. The molecule has 1 aliphatic rings. The molecular weight excluding hydrogens is 414 g/mol. The highest BCUT2D eigenvalue weighted by molar-refractivity contribution is 6.76. The third-order valence-electron chi connectivity index (χ3n) is 5.07. The van der Waals surface area contributed by atoms with Crippen LogP contribution in [0.25, 0.3) is 11.1 Å². The average Bonchev–Trinajstić information content (AvgIpc) is 3.47. The van der Waals surface area contributed by atoms with Gasteiger partial charge in [0, 0.05) is 24.2 Å². The summed E-state index contributed by atoms with van der Waals surface area (Å²) in [5.74, 6) is -0.601. The van der Waals surface area contributed by atoms with Gasteiger partial charge in [0.25, 0.3) is 5.91 Å². The number of hydrogen-bond acceptors (Lipinski definition) is 3. The molecule has 2 amide bonds. The lowest BCUT2D eigenvalue weighted by atomic mass is 10.0. The molecule has 0 aliphatic heterocycles. The van der Waals surface area contributed by atoms with Gasteiger partial charge in [0.1, 0.15) is 11.6 Å². The molecule has 3 rings (SSSR count). The highest BCUT2D eigenvalue weighted by Crippen LogP contribution is 2.34. The van der Waals surface area contributed by atoms with E-state index in [0.717, 1.165) is 11.1 Å². The molecule has 1 fully saturated rings. The second kappa shape index (κ2) is 8.63. The Balaban J connectivity index is 1.80. The zero-order valence-corrected chi connectivity index (χ0v) is 19.2. The molecule has 2 N–H and O–H groups in total. The van der Waals surface area contributed by atoms with Crippen molar-refractivity contribution in [1.82, 2.24) is 10.6 Å². The summed E-state index contributed by atoms with van der Waals surface area (Å²) in [6.45, 7) is 6.44. The summed E-state index contributed by atoms with van der Waals surface area (Å²) in [5.41, 5.74) is 1.38. The molecule has 0 saturated heterocycles. The van der Waals surface area contributed by atoms with Crippen molar-refractivity contribution in [2.24, 2.45) is 0 Å². The molecule has 30 heavy (non-hydrogen) atoms. The fourth-order valence-corrected chi connectivity index (χ4v) is 5.06. The van der Waals surface area contributed by atoms with E-state index < -0.39 is 19.7 Å². The van der Waals surface area contributed by atoms with Gasteiger partial charge in [-0.2, -0.15) is 5.26 Å². The molecule has 1 saturated carbocycles. The van der Waals surface area contributed by atoms with E-state index in [-0.39, 0.29) is 11.8 Å². The first kappa shape index (κ1) is 22.1. The number of nitrogens with zero attached hydrogens (tertiary/aromatic N) is 1. The Kier molecular flexibility index (Phi) is 6.35. The number of halogens is 1. The zero-order valence-electron chi connectivity index (χ0n) is 17.5. The Hall–Kier alpha value is -2.62. The molecule has 7 heteroatoms. The monoisotopic (exact) mass is 439 g/mol. The summed E-state index contributed by atoms with van der Waals surface area (Å²) in [6.07, 6.45) is 1.31. The van der Waals surface area contributed by atoms with Crippen LogP contribution in [0.15, 0.2) is 48.5 Å². The topological polar surface area (TPSA) is 82.0 Å². The summed E-state index contributed by atoms with van der Waals surface area (Å²) in [5, 5.41) is 15.6. The van der Waals surface area contributed by atoms with Crippen LogP contribution in [-0.4, -0.2) is 31.5 Å². The molecule has 1 atom stereocenters. The summed E-state index contributed by atoms with van der Waals surface area (Å²) in [7, 11) is -1.66. The van der Waals surface area contributed by atoms with Crippen LogP contribution in [0.2, 0.25) is 30.7 Å². The van der Waals surface area contributed by atoms with E-state index in [2.05, 4.69) is 36.3 Å². The van der Waals surface area contributed by atoms with Gasteiger partial charge in [-0.15, -0.1) is 0 Å². The molecular formula is C23H26ClN3O2Si. The molecule has 1 aliphatic carbocycles. The predicted octanol–water partition coefficient (Wildman–Crippen LogP) is 4.62. The zero-order chi connectivity index (χ0) is 21.9. The molecule has 5 nitrogen and oxygen atoms in total. The average molecular weight is 440 g/mol. The van der Waals surface area contributed by atoms with E-state index in [1.165, 1.54) is 0 Å². The molecule has 2 aromatic rings. The van der Waals surface area contributed by atoms with Crippen LogP contribution in [0.5, 0.6) is 0 Å². The maximum absolute atomic E-state index is 13.0. The van der Waals surface area contributed by atoms with Gasteiger partial charge in [-0.25, -0.2) is 0 Å². The van der Waals surface area contributed by atoms with Gasteiger partial charge in [-0.05, 0) is 42.6 Å². The SMILES string of the molecule is C[Si](C)(C)CC(NC(=O)c1cccc(-c2ccccc2Cl)c1)C(=O)NC1(C#N)CC1. The molecule has 156 valence electrons. The summed E-state index contributed by atoms with van der Waals surface area (Å²) in [6, 6.07) is 16.7. The number of carbonyl (C=O) groups is 2. The van der Waals surface area contributed by atoms with Gasteiger partial charge >= 0.3 is 0 Å². The fraction of sp³-hybridized carbons (Fsp3) is 0.348.